The molecule has 8 heteroatoms. The summed E-state index contributed by atoms with van der Waals surface area (Å²) >= 11 is 6.12. The minimum atomic E-state index is -3.78. The summed E-state index contributed by atoms with van der Waals surface area (Å²) in [7, 11) is -3.78. The quantitative estimate of drug-likeness (QED) is 0.619. The third kappa shape index (κ3) is 4.23. The van der Waals surface area contributed by atoms with Gasteiger partial charge in [0.1, 0.15) is 16.1 Å². The van der Waals surface area contributed by atoms with E-state index in [1.54, 1.807) is 51.1 Å². The van der Waals surface area contributed by atoms with E-state index in [9.17, 15) is 23.4 Å². The summed E-state index contributed by atoms with van der Waals surface area (Å²) in [5.41, 5.74) is -1.09. The van der Waals surface area contributed by atoms with Gasteiger partial charge in [0.2, 0.25) is 0 Å². The number of fused-ring (bicyclic) bond motifs is 1. The Morgan fingerprint density at radius 1 is 1.09 bits per heavy atom. The van der Waals surface area contributed by atoms with E-state index in [4.69, 9.17) is 16.3 Å². The Morgan fingerprint density at radius 3 is 2.30 bits per heavy atom. The highest BCUT2D eigenvalue weighted by Gasteiger charge is 2.58. The molecule has 0 aliphatic carbocycles. The third-order valence-electron chi connectivity index (χ3n) is 6.18. The second-order valence-corrected chi connectivity index (χ2v) is 12.8. The van der Waals surface area contributed by atoms with Crippen LogP contribution in [0.4, 0.5) is 0 Å². The van der Waals surface area contributed by atoms with Crippen molar-refractivity contribution in [3.05, 3.63) is 58.1 Å². The topological polar surface area (TPSA) is 101 Å². The lowest BCUT2D eigenvalue weighted by atomic mass is 9.85. The first-order valence-electron chi connectivity index (χ1n) is 10.3. The Labute approximate surface area is 199 Å². The van der Waals surface area contributed by atoms with E-state index < -0.39 is 37.7 Å². The lowest BCUT2D eigenvalue weighted by Gasteiger charge is -2.31. The van der Waals surface area contributed by atoms with Crippen molar-refractivity contribution in [2.75, 3.05) is 0 Å². The number of benzene rings is 2. The van der Waals surface area contributed by atoms with Crippen LogP contribution in [0.2, 0.25) is 5.02 Å². The van der Waals surface area contributed by atoms with Crippen LogP contribution >= 0.6 is 11.6 Å². The number of halogens is 1. The van der Waals surface area contributed by atoms with E-state index in [0.29, 0.717) is 21.7 Å². The number of carboxylic acid groups (broad SMARTS) is 1. The van der Waals surface area contributed by atoms with Gasteiger partial charge in [0.15, 0.2) is 15.9 Å². The summed E-state index contributed by atoms with van der Waals surface area (Å²) < 4.78 is 30.4. The number of carbonyl (C=O) groups is 1. The monoisotopic (exact) mass is 490 g/mol. The Bertz CT molecular complexity index is 1290. The molecule has 0 saturated carbocycles. The number of hydrogen-bond donors (Lipinski definition) is 2. The number of aliphatic carboxylic acids is 1. The smallest absolute Gasteiger partial charge is 0.345 e. The van der Waals surface area contributed by atoms with Gasteiger partial charge >= 0.3 is 5.97 Å². The standard InChI is InChI=1S/C25H27ClO6S/c1-23(2,3)21(22(27)28)32-19-12-10-17(26)14-16(19)9-7-15-8-11-18-20(13-15)33(30,31)24(4,5)25(18,6)29/h8,10-14,21,29H,1-6H3,(H,27,28). The lowest BCUT2D eigenvalue weighted by Crippen LogP contribution is -2.44. The minimum Gasteiger partial charge on any atom is -0.478 e. The van der Waals surface area contributed by atoms with Crippen molar-refractivity contribution in [3.8, 4) is 17.6 Å². The van der Waals surface area contributed by atoms with Crippen molar-refractivity contribution in [1.29, 1.82) is 0 Å². The Hall–Kier alpha value is -2.53. The van der Waals surface area contributed by atoms with Gasteiger partial charge in [0, 0.05) is 21.6 Å². The zero-order chi connectivity index (χ0) is 25.0. The van der Waals surface area contributed by atoms with Crippen molar-refractivity contribution in [2.24, 2.45) is 5.41 Å². The van der Waals surface area contributed by atoms with Gasteiger partial charge in [-0.1, -0.05) is 50.3 Å². The Morgan fingerprint density at radius 2 is 1.73 bits per heavy atom. The third-order valence-corrected chi connectivity index (χ3v) is 9.07. The maximum Gasteiger partial charge on any atom is 0.345 e. The van der Waals surface area contributed by atoms with Crippen LogP contribution in [0.3, 0.4) is 0 Å². The van der Waals surface area contributed by atoms with E-state index in [1.807, 2.05) is 0 Å². The van der Waals surface area contributed by atoms with E-state index in [-0.39, 0.29) is 10.6 Å². The maximum absolute atomic E-state index is 13.0. The first-order chi connectivity index (χ1) is 15.0. The van der Waals surface area contributed by atoms with Crippen LogP contribution < -0.4 is 4.74 Å². The predicted molar refractivity (Wildman–Crippen MR) is 126 cm³/mol. The second-order valence-electron chi connectivity index (χ2n) is 9.89. The van der Waals surface area contributed by atoms with Crippen molar-refractivity contribution >= 4 is 27.4 Å². The molecular formula is C25H27ClO6S. The molecule has 0 spiro atoms. The normalized spacial score (nSPS) is 21.5. The summed E-state index contributed by atoms with van der Waals surface area (Å²) in [6.45, 7) is 9.76. The number of sulfone groups is 1. The number of rotatable bonds is 3. The molecular weight excluding hydrogens is 464 g/mol. The molecule has 0 aromatic heterocycles. The first-order valence-corrected chi connectivity index (χ1v) is 12.2. The highest BCUT2D eigenvalue weighted by atomic mass is 35.5. The van der Waals surface area contributed by atoms with Gasteiger partial charge in [0.05, 0.1) is 10.5 Å². The molecule has 0 fully saturated rings. The molecule has 1 heterocycles. The Balaban J connectivity index is 2.05. The minimum absolute atomic E-state index is 0.0468. The molecule has 1 aliphatic rings. The van der Waals surface area contributed by atoms with Crippen molar-refractivity contribution in [3.63, 3.8) is 0 Å². The molecule has 1 aliphatic heterocycles. The molecule has 2 aromatic rings. The van der Waals surface area contributed by atoms with E-state index in [2.05, 4.69) is 11.8 Å². The summed E-state index contributed by atoms with van der Waals surface area (Å²) in [5, 5.41) is 20.9. The van der Waals surface area contributed by atoms with Gasteiger partial charge in [-0.3, -0.25) is 0 Å². The summed E-state index contributed by atoms with van der Waals surface area (Å²) in [4.78, 5) is 11.8. The molecule has 176 valence electrons. The average molecular weight is 491 g/mol. The van der Waals surface area contributed by atoms with Crippen LogP contribution in [0.5, 0.6) is 5.75 Å². The van der Waals surface area contributed by atoms with E-state index >= 15 is 0 Å². The molecule has 0 bridgehead atoms. The Kier molecular flexibility index (Phi) is 6.12. The highest BCUT2D eigenvalue weighted by molar-refractivity contribution is 7.93. The number of carboxylic acids is 1. The van der Waals surface area contributed by atoms with Crippen LogP contribution in [0.15, 0.2) is 41.3 Å². The van der Waals surface area contributed by atoms with Crippen LogP contribution in [0.1, 0.15) is 58.2 Å². The fourth-order valence-corrected chi connectivity index (χ4v) is 5.85. The maximum atomic E-state index is 13.0. The lowest BCUT2D eigenvalue weighted by molar-refractivity contribution is -0.150. The summed E-state index contributed by atoms with van der Waals surface area (Å²) in [6, 6.07) is 9.35. The second kappa shape index (κ2) is 8.05. The number of ether oxygens (including phenoxy) is 1. The molecule has 6 nitrogen and oxygen atoms in total. The molecule has 0 radical (unpaired) electrons. The first kappa shape index (κ1) is 25.1. The van der Waals surface area contributed by atoms with Crippen LogP contribution in [0.25, 0.3) is 0 Å². The van der Waals surface area contributed by atoms with Crippen molar-refractivity contribution < 1.29 is 28.2 Å². The number of hydrogen-bond acceptors (Lipinski definition) is 5. The SMILES string of the molecule is CC(C)(C)C(Oc1ccc(Cl)cc1C#Cc1ccc2c(c1)S(=O)(=O)C(C)(C)C2(C)O)C(=O)O. The van der Waals surface area contributed by atoms with Gasteiger partial charge in [-0.25, -0.2) is 13.2 Å². The van der Waals surface area contributed by atoms with E-state index in [0.717, 1.165) is 0 Å². The zero-order valence-corrected chi connectivity index (χ0v) is 20.9. The molecule has 2 unspecified atom stereocenters. The molecule has 2 atom stereocenters. The molecule has 2 N–H and O–H groups in total. The largest absolute Gasteiger partial charge is 0.478 e. The van der Waals surface area contributed by atoms with Gasteiger partial charge in [-0.15, -0.1) is 0 Å². The van der Waals surface area contributed by atoms with Crippen LogP contribution in [-0.2, 0) is 20.2 Å². The average Bonchev–Trinajstić information content (AvgIpc) is 2.79. The summed E-state index contributed by atoms with van der Waals surface area (Å²) in [6.07, 6.45) is -1.12. The van der Waals surface area contributed by atoms with Crippen LogP contribution in [-0.4, -0.2) is 35.5 Å². The predicted octanol–water partition coefficient (Wildman–Crippen LogP) is 4.39. The molecule has 3 rings (SSSR count). The molecule has 33 heavy (non-hydrogen) atoms. The molecule has 0 saturated heterocycles. The zero-order valence-electron chi connectivity index (χ0n) is 19.4. The number of aliphatic hydroxyl groups is 1. The van der Waals surface area contributed by atoms with Gasteiger partial charge < -0.3 is 14.9 Å². The van der Waals surface area contributed by atoms with Gasteiger partial charge in [-0.2, -0.15) is 0 Å². The van der Waals surface area contributed by atoms with Gasteiger partial charge in [0.25, 0.3) is 0 Å². The molecule has 2 aromatic carbocycles. The fourth-order valence-electron chi connectivity index (χ4n) is 3.65. The molecule has 0 amide bonds. The van der Waals surface area contributed by atoms with Crippen molar-refractivity contribution in [1.82, 2.24) is 0 Å². The van der Waals surface area contributed by atoms with Gasteiger partial charge in [-0.05, 0) is 51.1 Å². The van der Waals surface area contributed by atoms with Crippen LogP contribution in [0, 0.1) is 17.3 Å². The highest BCUT2D eigenvalue weighted by Crippen LogP contribution is 2.50. The summed E-state index contributed by atoms with van der Waals surface area (Å²) in [5.74, 6) is 4.98. The van der Waals surface area contributed by atoms with Crippen molar-refractivity contribution in [2.45, 2.75) is 62.9 Å². The van der Waals surface area contributed by atoms with E-state index in [1.165, 1.54) is 26.8 Å². The fraction of sp³-hybridized carbons (Fsp3) is 0.400.